The molecule has 0 saturated heterocycles. The van der Waals surface area contributed by atoms with Crippen molar-refractivity contribution in [1.82, 2.24) is 0 Å². The second-order valence-electron chi connectivity index (χ2n) is 4.18. The van der Waals surface area contributed by atoms with Crippen LogP contribution in [0.25, 0.3) is 0 Å². The summed E-state index contributed by atoms with van der Waals surface area (Å²) in [7, 11) is 3.23. The minimum absolute atomic E-state index is 0.275. The zero-order valence-electron chi connectivity index (χ0n) is 10.9. The molecule has 0 aliphatic rings. The zero-order valence-corrected chi connectivity index (χ0v) is 11.6. The van der Waals surface area contributed by atoms with E-state index in [1.807, 2.05) is 42.5 Å². The van der Waals surface area contributed by atoms with Crippen LogP contribution in [0.4, 0.5) is 0 Å². The second kappa shape index (κ2) is 5.95. The fourth-order valence-corrected chi connectivity index (χ4v) is 2.10. The van der Waals surface area contributed by atoms with E-state index in [9.17, 15) is 0 Å². The van der Waals surface area contributed by atoms with Gasteiger partial charge < -0.3 is 15.2 Å². The van der Waals surface area contributed by atoms with E-state index in [1.54, 1.807) is 14.2 Å². The van der Waals surface area contributed by atoms with Crippen LogP contribution < -0.4 is 15.2 Å². The van der Waals surface area contributed by atoms with Gasteiger partial charge in [-0.3, -0.25) is 0 Å². The molecule has 0 heterocycles. The first kappa shape index (κ1) is 13.7. The van der Waals surface area contributed by atoms with E-state index in [2.05, 4.69) is 0 Å². The third-order valence-corrected chi connectivity index (χ3v) is 3.18. The molecule has 0 radical (unpaired) electrons. The molecule has 2 N–H and O–H groups in total. The normalized spacial score (nSPS) is 12.0. The molecule has 2 aromatic carbocycles. The van der Waals surface area contributed by atoms with Crippen molar-refractivity contribution in [3.63, 3.8) is 0 Å². The molecule has 0 bridgehead atoms. The minimum atomic E-state index is -0.275. The number of benzene rings is 2. The van der Waals surface area contributed by atoms with Gasteiger partial charge in [0.05, 0.1) is 20.3 Å². The Morgan fingerprint density at radius 3 is 2.11 bits per heavy atom. The number of halogens is 1. The number of hydrogen-bond donors (Lipinski definition) is 1. The summed E-state index contributed by atoms with van der Waals surface area (Å²) in [6.45, 7) is 0. The van der Waals surface area contributed by atoms with Crippen LogP contribution in [0.2, 0.25) is 5.02 Å². The Labute approximate surface area is 117 Å². The molecule has 0 aliphatic carbocycles. The first-order valence-corrected chi connectivity index (χ1v) is 6.26. The molecule has 2 aromatic rings. The summed E-state index contributed by atoms with van der Waals surface area (Å²) in [5.74, 6) is 1.43. The molecule has 0 aliphatic heterocycles. The molecule has 0 aromatic heterocycles. The van der Waals surface area contributed by atoms with Crippen molar-refractivity contribution < 1.29 is 9.47 Å². The monoisotopic (exact) mass is 277 g/mol. The number of methoxy groups -OCH3 is 2. The van der Waals surface area contributed by atoms with Crippen LogP contribution in [0.15, 0.2) is 42.5 Å². The van der Waals surface area contributed by atoms with Gasteiger partial charge in [-0.05, 0) is 35.4 Å². The Kier molecular flexibility index (Phi) is 4.30. The standard InChI is InChI=1S/C15H16ClNO2/c1-18-13-7-11(8-14(9-13)19-2)15(17)10-4-3-5-12(16)6-10/h3-9,15H,17H2,1-2H3. The Balaban J connectivity index is 2.40. The first-order valence-electron chi connectivity index (χ1n) is 5.88. The van der Waals surface area contributed by atoms with E-state index in [-0.39, 0.29) is 6.04 Å². The Morgan fingerprint density at radius 1 is 0.947 bits per heavy atom. The Hall–Kier alpha value is -1.71. The summed E-state index contributed by atoms with van der Waals surface area (Å²) >= 11 is 5.99. The number of rotatable bonds is 4. The summed E-state index contributed by atoms with van der Waals surface area (Å²) in [5, 5.41) is 0.669. The average molecular weight is 278 g/mol. The molecule has 0 spiro atoms. The molecule has 3 nitrogen and oxygen atoms in total. The van der Waals surface area contributed by atoms with E-state index in [4.69, 9.17) is 26.8 Å². The van der Waals surface area contributed by atoms with Crippen LogP contribution in [0, 0.1) is 0 Å². The van der Waals surface area contributed by atoms with Gasteiger partial charge in [-0.2, -0.15) is 0 Å². The van der Waals surface area contributed by atoms with Crippen molar-refractivity contribution in [3.05, 3.63) is 58.6 Å². The van der Waals surface area contributed by atoms with E-state index in [1.165, 1.54) is 0 Å². The summed E-state index contributed by atoms with van der Waals surface area (Å²) in [6, 6.07) is 12.8. The second-order valence-corrected chi connectivity index (χ2v) is 4.62. The van der Waals surface area contributed by atoms with Crippen molar-refractivity contribution in [2.75, 3.05) is 14.2 Å². The highest BCUT2D eigenvalue weighted by Crippen LogP contribution is 2.29. The van der Waals surface area contributed by atoms with Gasteiger partial charge in [-0.15, -0.1) is 0 Å². The van der Waals surface area contributed by atoms with Gasteiger partial charge in [0.1, 0.15) is 11.5 Å². The van der Waals surface area contributed by atoms with Gasteiger partial charge >= 0.3 is 0 Å². The number of nitrogens with two attached hydrogens (primary N) is 1. The number of ether oxygens (including phenoxy) is 2. The van der Waals surface area contributed by atoms with Crippen molar-refractivity contribution in [1.29, 1.82) is 0 Å². The fraction of sp³-hybridized carbons (Fsp3) is 0.200. The highest BCUT2D eigenvalue weighted by atomic mass is 35.5. The molecule has 0 saturated carbocycles. The third kappa shape index (κ3) is 3.19. The van der Waals surface area contributed by atoms with Crippen LogP contribution in [0.3, 0.4) is 0 Å². The molecular weight excluding hydrogens is 262 g/mol. The average Bonchev–Trinajstić information content (AvgIpc) is 2.45. The fourth-order valence-electron chi connectivity index (χ4n) is 1.90. The highest BCUT2D eigenvalue weighted by molar-refractivity contribution is 6.30. The molecule has 100 valence electrons. The summed E-state index contributed by atoms with van der Waals surface area (Å²) in [5.41, 5.74) is 8.12. The molecule has 1 atom stereocenters. The minimum Gasteiger partial charge on any atom is -0.497 e. The van der Waals surface area contributed by atoms with Crippen LogP contribution >= 0.6 is 11.6 Å². The van der Waals surface area contributed by atoms with Crippen LogP contribution in [-0.2, 0) is 0 Å². The molecule has 2 rings (SSSR count). The van der Waals surface area contributed by atoms with E-state index in [0.717, 1.165) is 11.1 Å². The van der Waals surface area contributed by atoms with E-state index < -0.39 is 0 Å². The maximum Gasteiger partial charge on any atom is 0.122 e. The first-order chi connectivity index (χ1) is 9.13. The van der Waals surface area contributed by atoms with Crippen molar-refractivity contribution in [3.8, 4) is 11.5 Å². The van der Waals surface area contributed by atoms with Gasteiger partial charge in [-0.25, -0.2) is 0 Å². The highest BCUT2D eigenvalue weighted by Gasteiger charge is 2.12. The van der Waals surface area contributed by atoms with Gasteiger partial charge in [0, 0.05) is 11.1 Å². The maximum absolute atomic E-state index is 6.26. The van der Waals surface area contributed by atoms with Gasteiger partial charge in [0.25, 0.3) is 0 Å². The molecule has 0 amide bonds. The molecular formula is C15H16ClNO2. The lowest BCUT2D eigenvalue weighted by Crippen LogP contribution is -2.12. The van der Waals surface area contributed by atoms with Crippen molar-refractivity contribution in [2.24, 2.45) is 5.73 Å². The van der Waals surface area contributed by atoms with Crippen LogP contribution in [-0.4, -0.2) is 14.2 Å². The molecule has 1 unspecified atom stereocenters. The predicted molar refractivity (Wildman–Crippen MR) is 77.0 cm³/mol. The quantitative estimate of drug-likeness (QED) is 0.931. The summed E-state index contributed by atoms with van der Waals surface area (Å²) < 4.78 is 10.5. The largest absolute Gasteiger partial charge is 0.497 e. The Morgan fingerprint density at radius 2 is 1.58 bits per heavy atom. The third-order valence-electron chi connectivity index (χ3n) is 2.94. The maximum atomic E-state index is 6.26. The topological polar surface area (TPSA) is 44.5 Å². The van der Waals surface area contributed by atoms with Gasteiger partial charge in [0.2, 0.25) is 0 Å². The van der Waals surface area contributed by atoms with Crippen molar-refractivity contribution >= 4 is 11.6 Å². The lowest BCUT2D eigenvalue weighted by atomic mass is 9.99. The van der Waals surface area contributed by atoms with E-state index >= 15 is 0 Å². The lowest BCUT2D eigenvalue weighted by molar-refractivity contribution is 0.393. The lowest BCUT2D eigenvalue weighted by Gasteiger charge is -2.15. The smallest absolute Gasteiger partial charge is 0.122 e. The van der Waals surface area contributed by atoms with Gasteiger partial charge in [0.15, 0.2) is 0 Å². The van der Waals surface area contributed by atoms with E-state index in [0.29, 0.717) is 16.5 Å². The van der Waals surface area contributed by atoms with Gasteiger partial charge in [-0.1, -0.05) is 23.7 Å². The molecule has 4 heteroatoms. The van der Waals surface area contributed by atoms with Crippen LogP contribution in [0.1, 0.15) is 17.2 Å². The summed E-state index contributed by atoms with van der Waals surface area (Å²) in [4.78, 5) is 0. The number of hydrogen-bond acceptors (Lipinski definition) is 3. The molecule has 0 fully saturated rings. The Bertz CT molecular complexity index is 550. The van der Waals surface area contributed by atoms with Crippen molar-refractivity contribution in [2.45, 2.75) is 6.04 Å². The zero-order chi connectivity index (χ0) is 13.8. The SMILES string of the molecule is COc1cc(OC)cc(C(N)c2cccc(Cl)c2)c1. The predicted octanol–water partition coefficient (Wildman–Crippen LogP) is 3.41. The van der Waals surface area contributed by atoms with Crippen LogP contribution in [0.5, 0.6) is 11.5 Å². The molecule has 19 heavy (non-hydrogen) atoms. The summed E-state index contributed by atoms with van der Waals surface area (Å²) in [6.07, 6.45) is 0.